The van der Waals surface area contributed by atoms with Gasteiger partial charge in [0.1, 0.15) is 23.3 Å². The molecule has 0 atom stereocenters. The van der Waals surface area contributed by atoms with Crippen molar-refractivity contribution in [2.24, 2.45) is 0 Å². The first-order valence-corrected chi connectivity index (χ1v) is 9.22. The van der Waals surface area contributed by atoms with Crippen molar-refractivity contribution in [2.45, 2.75) is 27.7 Å². The van der Waals surface area contributed by atoms with Crippen LogP contribution in [0.3, 0.4) is 0 Å². The first-order chi connectivity index (χ1) is 14.2. The van der Waals surface area contributed by atoms with E-state index in [1.807, 2.05) is 32.9 Å². The second-order valence-electron chi connectivity index (χ2n) is 7.15. The summed E-state index contributed by atoms with van der Waals surface area (Å²) in [6, 6.07) is 8.21. The van der Waals surface area contributed by atoms with Gasteiger partial charge in [0, 0.05) is 22.3 Å². The molecule has 0 aromatic heterocycles. The second-order valence-corrected chi connectivity index (χ2v) is 7.15. The maximum Gasteiger partial charge on any atom is 0.143 e. The summed E-state index contributed by atoms with van der Waals surface area (Å²) in [7, 11) is 0. The van der Waals surface area contributed by atoms with Crippen LogP contribution in [0.15, 0.2) is 36.4 Å². The highest BCUT2D eigenvalue weighted by Gasteiger charge is 2.10. The van der Waals surface area contributed by atoms with E-state index in [1.54, 1.807) is 0 Å². The summed E-state index contributed by atoms with van der Waals surface area (Å²) in [6.07, 6.45) is 0. The zero-order chi connectivity index (χ0) is 22.0. The molecule has 0 radical (unpaired) electrons. The lowest BCUT2D eigenvalue weighted by Crippen LogP contribution is -1.94. The van der Waals surface area contributed by atoms with Gasteiger partial charge in [0.2, 0.25) is 0 Å². The third-order valence-electron chi connectivity index (χ3n) is 4.66. The molecular formula is C26H18F4. The van der Waals surface area contributed by atoms with E-state index in [9.17, 15) is 17.6 Å². The quantitative estimate of drug-likeness (QED) is 0.305. The molecular weight excluding hydrogens is 388 g/mol. The molecule has 3 rings (SSSR count). The van der Waals surface area contributed by atoms with E-state index < -0.39 is 28.8 Å². The van der Waals surface area contributed by atoms with Gasteiger partial charge in [-0.25, -0.2) is 17.6 Å². The Hall–Kier alpha value is -3.50. The summed E-state index contributed by atoms with van der Waals surface area (Å²) in [6.45, 7) is 7.14. The predicted molar refractivity (Wildman–Crippen MR) is 110 cm³/mol. The van der Waals surface area contributed by atoms with E-state index in [2.05, 4.69) is 23.7 Å². The number of benzene rings is 3. The van der Waals surface area contributed by atoms with Crippen molar-refractivity contribution < 1.29 is 17.6 Å². The summed E-state index contributed by atoms with van der Waals surface area (Å²) >= 11 is 0. The molecule has 0 aliphatic heterocycles. The Morgan fingerprint density at radius 3 is 1.37 bits per heavy atom. The largest absolute Gasteiger partial charge is 0.207 e. The monoisotopic (exact) mass is 406 g/mol. The van der Waals surface area contributed by atoms with Crippen molar-refractivity contribution >= 4 is 0 Å². The molecule has 0 spiro atoms. The fraction of sp³-hybridized carbons (Fsp3) is 0.154. The van der Waals surface area contributed by atoms with Crippen LogP contribution in [0.25, 0.3) is 0 Å². The number of rotatable bonds is 0. The minimum absolute atomic E-state index is 0.0106. The Balaban J connectivity index is 1.95. The van der Waals surface area contributed by atoms with Gasteiger partial charge >= 0.3 is 0 Å². The van der Waals surface area contributed by atoms with Crippen molar-refractivity contribution in [1.29, 1.82) is 0 Å². The van der Waals surface area contributed by atoms with E-state index >= 15 is 0 Å². The van der Waals surface area contributed by atoms with Gasteiger partial charge in [-0.2, -0.15) is 0 Å². The lowest BCUT2D eigenvalue weighted by atomic mass is 10.00. The molecule has 4 heteroatoms. The first-order valence-electron chi connectivity index (χ1n) is 9.22. The van der Waals surface area contributed by atoms with Crippen LogP contribution in [-0.4, -0.2) is 0 Å². The van der Waals surface area contributed by atoms with Crippen LogP contribution >= 0.6 is 0 Å². The maximum absolute atomic E-state index is 14.4. The number of aryl methyl sites for hydroxylation is 3. The first kappa shape index (κ1) is 21.2. The Kier molecular flexibility index (Phi) is 5.99. The summed E-state index contributed by atoms with van der Waals surface area (Å²) < 4.78 is 56.0. The molecule has 0 saturated carbocycles. The molecule has 0 N–H and O–H groups in total. The van der Waals surface area contributed by atoms with Gasteiger partial charge in [0.25, 0.3) is 0 Å². The maximum atomic E-state index is 14.4. The zero-order valence-electron chi connectivity index (χ0n) is 17.0. The molecule has 0 heterocycles. The van der Waals surface area contributed by atoms with Gasteiger partial charge in [0.15, 0.2) is 0 Å². The minimum atomic E-state index is -0.891. The van der Waals surface area contributed by atoms with Crippen LogP contribution in [0, 0.1) is 74.6 Å². The topological polar surface area (TPSA) is 0 Å². The minimum Gasteiger partial charge on any atom is -0.207 e. The van der Waals surface area contributed by atoms with Crippen molar-refractivity contribution in [3.05, 3.63) is 104 Å². The zero-order valence-corrected chi connectivity index (χ0v) is 17.0. The molecule has 3 aromatic carbocycles. The Bertz CT molecular complexity index is 1210. The number of hydrogen-bond donors (Lipinski definition) is 0. The van der Waals surface area contributed by atoms with Crippen LogP contribution in [-0.2, 0) is 0 Å². The van der Waals surface area contributed by atoms with E-state index in [1.165, 1.54) is 6.92 Å². The van der Waals surface area contributed by atoms with Crippen LogP contribution in [0.5, 0.6) is 0 Å². The summed E-state index contributed by atoms with van der Waals surface area (Å²) in [4.78, 5) is 0. The van der Waals surface area contributed by atoms with Crippen LogP contribution < -0.4 is 0 Å². The smallest absolute Gasteiger partial charge is 0.143 e. The van der Waals surface area contributed by atoms with Gasteiger partial charge in [0.05, 0.1) is 5.56 Å². The molecule has 0 aliphatic carbocycles. The molecule has 0 saturated heterocycles. The second kappa shape index (κ2) is 8.47. The molecule has 150 valence electrons. The number of hydrogen-bond acceptors (Lipinski definition) is 0. The normalized spacial score (nSPS) is 10.1. The molecule has 0 nitrogen and oxygen atoms in total. The van der Waals surface area contributed by atoms with Crippen LogP contribution in [0.4, 0.5) is 17.6 Å². The molecule has 3 aromatic rings. The van der Waals surface area contributed by atoms with E-state index in [-0.39, 0.29) is 16.7 Å². The lowest BCUT2D eigenvalue weighted by molar-refractivity contribution is 0.567. The average molecular weight is 406 g/mol. The molecule has 0 bridgehead atoms. The van der Waals surface area contributed by atoms with Gasteiger partial charge < -0.3 is 0 Å². The average Bonchev–Trinajstić information content (AvgIpc) is 2.64. The predicted octanol–water partition coefficient (Wildman–Crippen LogP) is 6.28. The van der Waals surface area contributed by atoms with Crippen molar-refractivity contribution in [3.63, 3.8) is 0 Å². The van der Waals surface area contributed by atoms with Gasteiger partial charge in [-0.05, 0) is 63.1 Å². The summed E-state index contributed by atoms with van der Waals surface area (Å²) in [5, 5.41) is 0. The van der Waals surface area contributed by atoms with Crippen LogP contribution in [0.1, 0.15) is 44.5 Å². The van der Waals surface area contributed by atoms with Crippen molar-refractivity contribution in [2.75, 3.05) is 0 Å². The molecule has 0 aliphatic rings. The fourth-order valence-electron chi connectivity index (χ4n) is 3.13. The summed E-state index contributed by atoms with van der Waals surface area (Å²) in [5.41, 5.74) is 3.44. The Morgan fingerprint density at radius 2 is 0.900 bits per heavy atom. The van der Waals surface area contributed by atoms with E-state index in [4.69, 9.17) is 0 Å². The van der Waals surface area contributed by atoms with Gasteiger partial charge in [-0.1, -0.05) is 41.4 Å². The molecule has 0 amide bonds. The highest BCUT2D eigenvalue weighted by molar-refractivity contribution is 5.53. The summed E-state index contributed by atoms with van der Waals surface area (Å²) in [5.74, 6) is 7.15. The van der Waals surface area contributed by atoms with Crippen LogP contribution in [0.2, 0.25) is 0 Å². The van der Waals surface area contributed by atoms with Crippen molar-refractivity contribution in [1.82, 2.24) is 0 Å². The molecule has 30 heavy (non-hydrogen) atoms. The third kappa shape index (κ3) is 4.56. The number of halogens is 4. The third-order valence-corrected chi connectivity index (χ3v) is 4.66. The Morgan fingerprint density at radius 1 is 0.500 bits per heavy atom. The van der Waals surface area contributed by atoms with E-state index in [0.717, 1.165) is 46.5 Å². The standard InChI is InChI=1S/C26H18F4/c1-15-9-16(2)21(17(3)10-15)7-5-20-13-25(29)22(26(30)14-20)8-6-19-11-23(27)18(4)24(28)12-19/h9-14H,1-4H3. The highest BCUT2D eigenvalue weighted by Crippen LogP contribution is 2.18. The molecule has 0 fully saturated rings. The van der Waals surface area contributed by atoms with E-state index in [0.29, 0.717) is 0 Å². The van der Waals surface area contributed by atoms with Gasteiger partial charge in [-0.15, -0.1) is 0 Å². The SMILES string of the molecule is Cc1cc(C)c(C#Cc2cc(F)c(C#Cc3cc(F)c(C)c(F)c3)c(F)c2)c(C)c1. The van der Waals surface area contributed by atoms with Crippen molar-refractivity contribution in [3.8, 4) is 23.7 Å². The highest BCUT2D eigenvalue weighted by atomic mass is 19.1. The fourth-order valence-corrected chi connectivity index (χ4v) is 3.13. The van der Waals surface area contributed by atoms with Gasteiger partial charge in [-0.3, -0.25) is 0 Å². The Labute approximate surface area is 173 Å². The lowest BCUT2D eigenvalue weighted by Gasteiger charge is -2.05. The molecule has 0 unspecified atom stereocenters.